The molecule has 2 rings (SSSR count). The number of ether oxygens (including phenoxy) is 1. The molecule has 0 atom stereocenters. The molecule has 19 heavy (non-hydrogen) atoms. The van der Waals surface area contributed by atoms with Crippen molar-refractivity contribution in [3.8, 4) is 5.75 Å². The average molecular weight is 279 g/mol. The number of carbonyl (C=O) groups excluding carboxylic acids is 1. The first kappa shape index (κ1) is 13.7. The third kappa shape index (κ3) is 3.86. The summed E-state index contributed by atoms with van der Waals surface area (Å²) in [5.41, 5.74) is 1.29. The van der Waals surface area contributed by atoms with Crippen LogP contribution in [0.2, 0.25) is 0 Å². The Morgan fingerprint density at radius 2 is 1.95 bits per heavy atom. The van der Waals surface area contributed by atoms with Gasteiger partial charge in [-0.25, -0.2) is 0 Å². The van der Waals surface area contributed by atoms with Gasteiger partial charge < -0.3 is 9.15 Å². The fourth-order valence-electron chi connectivity index (χ4n) is 1.76. The Morgan fingerprint density at radius 1 is 1.21 bits per heavy atom. The lowest BCUT2D eigenvalue weighted by Gasteiger charge is -2.05. The van der Waals surface area contributed by atoms with Gasteiger partial charge in [0, 0.05) is 0 Å². The number of hydrogen-bond donors (Lipinski definition) is 0. The van der Waals surface area contributed by atoms with Gasteiger partial charge in [0.25, 0.3) is 5.24 Å². The van der Waals surface area contributed by atoms with E-state index in [1.165, 1.54) is 5.56 Å². The van der Waals surface area contributed by atoms with Gasteiger partial charge in [-0.3, -0.25) is 4.79 Å². The van der Waals surface area contributed by atoms with E-state index in [-0.39, 0.29) is 12.4 Å². The Bertz CT molecular complexity index is 543. The van der Waals surface area contributed by atoms with Gasteiger partial charge >= 0.3 is 0 Å². The van der Waals surface area contributed by atoms with Crippen molar-refractivity contribution in [2.24, 2.45) is 0 Å². The van der Waals surface area contributed by atoms with Crippen LogP contribution in [0.1, 0.15) is 35.2 Å². The predicted molar refractivity (Wildman–Crippen MR) is 73.7 cm³/mol. The third-order valence-electron chi connectivity index (χ3n) is 2.70. The molecular formula is C15H15ClO3. The zero-order valence-electron chi connectivity index (χ0n) is 10.7. The Balaban J connectivity index is 1.92. The molecule has 0 amide bonds. The molecule has 2 aromatic rings. The second-order valence-electron chi connectivity index (χ2n) is 4.22. The van der Waals surface area contributed by atoms with Crippen LogP contribution in [0.25, 0.3) is 0 Å². The van der Waals surface area contributed by atoms with Crippen molar-refractivity contribution >= 4 is 16.8 Å². The van der Waals surface area contributed by atoms with E-state index in [9.17, 15) is 4.79 Å². The van der Waals surface area contributed by atoms with E-state index in [4.69, 9.17) is 20.8 Å². The van der Waals surface area contributed by atoms with Crippen molar-refractivity contribution in [3.05, 3.63) is 53.5 Å². The fourth-order valence-corrected chi connectivity index (χ4v) is 1.86. The first-order valence-electron chi connectivity index (χ1n) is 6.19. The van der Waals surface area contributed by atoms with Crippen LogP contribution in [0.5, 0.6) is 5.75 Å². The molecule has 1 aromatic carbocycles. The van der Waals surface area contributed by atoms with E-state index in [0.29, 0.717) is 5.76 Å². The van der Waals surface area contributed by atoms with E-state index >= 15 is 0 Å². The van der Waals surface area contributed by atoms with E-state index < -0.39 is 5.24 Å². The summed E-state index contributed by atoms with van der Waals surface area (Å²) in [4.78, 5) is 10.9. The molecule has 0 bridgehead atoms. The normalized spacial score (nSPS) is 10.4. The Kier molecular flexibility index (Phi) is 4.63. The lowest BCUT2D eigenvalue weighted by Crippen LogP contribution is -1.94. The number of furan rings is 1. The molecule has 0 N–H and O–H groups in total. The van der Waals surface area contributed by atoms with Crippen LogP contribution in [0.3, 0.4) is 0 Å². The van der Waals surface area contributed by atoms with Crippen molar-refractivity contribution in [2.75, 3.05) is 0 Å². The van der Waals surface area contributed by atoms with Gasteiger partial charge in [0.05, 0.1) is 0 Å². The molecule has 0 spiro atoms. The van der Waals surface area contributed by atoms with E-state index in [0.717, 1.165) is 18.6 Å². The summed E-state index contributed by atoms with van der Waals surface area (Å²) in [7, 11) is 0. The minimum atomic E-state index is -0.602. The fraction of sp³-hybridized carbons (Fsp3) is 0.267. The molecule has 1 heterocycles. The minimum absolute atomic E-state index is 0.138. The molecule has 0 radical (unpaired) electrons. The van der Waals surface area contributed by atoms with Gasteiger partial charge in [0.15, 0.2) is 5.76 Å². The van der Waals surface area contributed by atoms with Crippen LogP contribution in [-0.2, 0) is 13.0 Å². The highest BCUT2D eigenvalue weighted by Crippen LogP contribution is 2.17. The standard InChI is InChI=1S/C15H15ClO3/c1-2-3-11-4-6-12(7-5-11)18-10-13-8-9-14(19-13)15(16)17/h4-9H,2-3,10H2,1H3. The van der Waals surface area contributed by atoms with E-state index in [2.05, 4.69) is 19.1 Å². The number of carbonyl (C=O) groups is 1. The highest BCUT2D eigenvalue weighted by atomic mass is 35.5. The van der Waals surface area contributed by atoms with Crippen molar-refractivity contribution in [2.45, 2.75) is 26.4 Å². The van der Waals surface area contributed by atoms with Gasteiger partial charge in [-0.1, -0.05) is 25.5 Å². The van der Waals surface area contributed by atoms with Crippen molar-refractivity contribution in [1.29, 1.82) is 0 Å². The smallest absolute Gasteiger partial charge is 0.287 e. The molecule has 0 fully saturated rings. The summed E-state index contributed by atoms with van der Waals surface area (Å²) in [6, 6.07) is 11.2. The van der Waals surface area contributed by atoms with Crippen LogP contribution in [0, 0.1) is 0 Å². The van der Waals surface area contributed by atoms with Gasteiger partial charge in [0.2, 0.25) is 0 Å². The molecule has 0 saturated heterocycles. The highest BCUT2D eigenvalue weighted by Gasteiger charge is 2.08. The number of benzene rings is 1. The number of hydrogen-bond acceptors (Lipinski definition) is 3. The number of halogens is 1. The number of rotatable bonds is 6. The molecule has 0 aliphatic heterocycles. The summed E-state index contributed by atoms with van der Waals surface area (Å²) < 4.78 is 10.8. The zero-order valence-corrected chi connectivity index (χ0v) is 11.4. The zero-order chi connectivity index (χ0) is 13.7. The first-order chi connectivity index (χ1) is 9.19. The molecule has 0 saturated carbocycles. The Morgan fingerprint density at radius 3 is 2.53 bits per heavy atom. The van der Waals surface area contributed by atoms with Crippen molar-refractivity contribution < 1.29 is 13.9 Å². The van der Waals surface area contributed by atoms with Gasteiger partial charge in [-0.2, -0.15) is 0 Å². The summed E-state index contributed by atoms with van der Waals surface area (Å²) in [6.45, 7) is 2.42. The second kappa shape index (κ2) is 6.43. The van der Waals surface area contributed by atoms with Crippen LogP contribution in [-0.4, -0.2) is 5.24 Å². The second-order valence-corrected chi connectivity index (χ2v) is 4.57. The quantitative estimate of drug-likeness (QED) is 0.744. The Labute approximate surface area is 117 Å². The lowest BCUT2D eigenvalue weighted by molar-refractivity contribution is 0.105. The lowest BCUT2D eigenvalue weighted by atomic mass is 10.1. The third-order valence-corrected chi connectivity index (χ3v) is 2.88. The summed E-state index contributed by atoms with van der Waals surface area (Å²) in [6.07, 6.45) is 2.20. The molecule has 1 aromatic heterocycles. The molecule has 0 unspecified atom stereocenters. The monoisotopic (exact) mass is 278 g/mol. The Hall–Kier alpha value is -1.74. The maximum atomic E-state index is 10.9. The van der Waals surface area contributed by atoms with E-state index in [1.807, 2.05) is 12.1 Å². The maximum absolute atomic E-state index is 10.9. The topological polar surface area (TPSA) is 39.4 Å². The summed E-state index contributed by atoms with van der Waals surface area (Å²) in [5, 5.41) is -0.602. The predicted octanol–water partition coefficient (Wildman–Crippen LogP) is 4.19. The molecule has 0 aliphatic carbocycles. The maximum Gasteiger partial charge on any atom is 0.287 e. The largest absolute Gasteiger partial charge is 0.486 e. The van der Waals surface area contributed by atoms with Crippen LogP contribution in [0.15, 0.2) is 40.8 Å². The van der Waals surface area contributed by atoms with Crippen molar-refractivity contribution in [3.63, 3.8) is 0 Å². The molecular weight excluding hydrogens is 264 g/mol. The van der Waals surface area contributed by atoms with Gasteiger partial charge in [-0.05, 0) is 47.9 Å². The van der Waals surface area contributed by atoms with Crippen LogP contribution < -0.4 is 4.74 Å². The molecule has 4 heteroatoms. The van der Waals surface area contributed by atoms with Gasteiger partial charge in [0.1, 0.15) is 18.1 Å². The first-order valence-corrected chi connectivity index (χ1v) is 6.57. The molecule has 0 aliphatic rings. The molecule has 100 valence electrons. The highest BCUT2D eigenvalue weighted by molar-refractivity contribution is 6.67. The average Bonchev–Trinajstić information content (AvgIpc) is 2.87. The van der Waals surface area contributed by atoms with Gasteiger partial charge in [-0.15, -0.1) is 0 Å². The summed E-state index contributed by atoms with van der Waals surface area (Å²) in [5.74, 6) is 1.48. The van der Waals surface area contributed by atoms with Crippen LogP contribution >= 0.6 is 11.6 Å². The number of aryl methyl sites for hydroxylation is 1. The van der Waals surface area contributed by atoms with E-state index in [1.54, 1.807) is 12.1 Å². The molecule has 3 nitrogen and oxygen atoms in total. The SMILES string of the molecule is CCCc1ccc(OCc2ccc(C(=O)Cl)o2)cc1. The van der Waals surface area contributed by atoms with Crippen molar-refractivity contribution in [1.82, 2.24) is 0 Å². The summed E-state index contributed by atoms with van der Waals surface area (Å²) >= 11 is 5.31. The van der Waals surface area contributed by atoms with Crippen LogP contribution in [0.4, 0.5) is 0 Å². The minimum Gasteiger partial charge on any atom is -0.486 e.